The first-order valence-corrected chi connectivity index (χ1v) is 20.8. The van der Waals surface area contributed by atoms with Crippen LogP contribution in [0.4, 0.5) is 33.9 Å². The predicted octanol–water partition coefficient (Wildman–Crippen LogP) is 4.91. The number of nitrogen functional groups attached to an aromatic ring is 1. The summed E-state index contributed by atoms with van der Waals surface area (Å²) in [5, 5.41) is 22.3. The molecule has 2 atom stereocenters. The number of nitrogens with zero attached hydrogens (tertiary/aromatic N) is 4. The van der Waals surface area contributed by atoms with Crippen molar-refractivity contribution < 1.29 is 74.9 Å². The second-order valence-corrected chi connectivity index (χ2v) is 15.4. The van der Waals surface area contributed by atoms with Crippen LogP contribution in [0.25, 0.3) is 0 Å². The topological polar surface area (TPSA) is 211 Å². The monoisotopic (exact) mass is 922 g/mol. The standard InChI is InChI=1S/C40H55ClF4N6O12/c1-50-36(46)33(37(52)47-29-3-4-32(42)31(41)21-29)34(48-50)26-19-27-22-39(54,23-28(27)20-26)30-24-51(49-35(30)40(43,44)45)25-63-38(53)62-18-17-61-16-15-60-14-13-59-12-11-58-10-9-57-8-7-56-6-5-55-2/h3-4,21,24,26-28,54H,5-20,22-23,25,46H2,1-2H3,(H,47,52). The highest BCUT2D eigenvalue weighted by molar-refractivity contribution is 6.31. The van der Waals surface area contributed by atoms with Crippen molar-refractivity contribution in [3.63, 3.8) is 0 Å². The summed E-state index contributed by atoms with van der Waals surface area (Å²) in [6.45, 7) is 4.09. The van der Waals surface area contributed by atoms with E-state index in [1.165, 1.54) is 16.8 Å². The molecule has 3 aromatic rings. The Morgan fingerprint density at radius 2 is 1.38 bits per heavy atom. The van der Waals surface area contributed by atoms with Crippen molar-refractivity contribution in [2.45, 2.75) is 50.1 Å². The Morgan fingerprint density at radius 3 is 1.89 bits per heavy atom. The molecule has 2 saturated carbocycles. The smallest absolute Gasteiger partial charge is 0.432 e. The zero-order valence-electron chi connectivity index (χ0n) is 35.2. The number of nitrogens with two attached hydrogens (primary N) is 1. The predicted molar refractivity (Wildman–Crippen MR) is 216 cm³/mol. The number of halogens is 5. The quantitative estimate of drug-likeness (QED) is 0.0527. The molecule has 0 aliphatic heterocycles. The van der Waals surface area contributed by atoms with Gasteiger partial charge in [-0.1, -0.05) is 11.6 Å². The number of anilines is 2. The third-order valence-corrected chi connectivity index (χ3v) is 10.8. The number of amides is 1. The number of alkyl halides is 3. The molecule has 352 valence electrons. The molecule has 2 aromatic heterocycles. The second-order valence-electron chi connectivity index (χ2n) is 14.9. The molecule has 1 amide bonds. The fourth-order valence-electron chi connectivity index (χ4n) is 7.68. The van der Waals surface area contributed by atoms with Gasteiger partial charge in [0, 0.05) is 37.5 Å². The summed E-state index contributed by atoms with van der Waals surface area (Å²) in [7, 11) is 3.19. The fraction of sp³-hybridized carbons (Fsp3) is 0.650. The van der Waals surface area contributed by atoms with Gasteiger partial charge in [-0.15, -0.1) is 0 Å². The highest BCUT2D eigenvalue weighted by Gasteiger charge is 2.54. The normalized spacial score (nSPS) is 19.7. The van der Waals surface area contributed by atoms with Gasteiger partial charge in [-0.05, 0) is 55.7 Å². The van der Waals surface area contributed by atoms with E-state index in [0.29, 0.717) is 84.6 Å². The fourth-order valence-corrected chi connectivity index (χ4v) is 7.86. The highest BCUT2D eigenvalue weighted by atomic mass is 35.5. The molecule has 2 fully saturated rings. The lowest BCUT2D eigenvalue weighted by molar-refractivity contribution is -0.144. The van der Waals surface area contributed by atoms with Gasteiger partial charge in [0.05, 0.1) is 102 Å². The van der Waals surface area contributed by atoms with Crippen LogP contribution in [0.1, 0.15) is 58.9 Å². The van der Waals surface area contributed by atoms with Gasteiger partial charge >= 0.3 is 12.3 Å². The van der Waals surface area contributed by atoms with Gasteiger partial charge in [0.15, 0.2) is 12.4 Å². The van der Waals surface area contributed by atoms with Crippen molar-refractivity contribution in [3.05, 3.63) is 57.8 Å². The van der Waals surface area contributed by atoms with Crippen LogP contribution in [-0.4, -0.2) is 136 Å². The molecule has 18 nitrogen and oxygen atoms in total. The van der Waals surface area contributed by atoms with Crippen molar-refractivity contribution in [3.8, 4) is 0 Å². The van der Waals surface area contributed by atoms with E-state index in [9.17, 15) is 32.3 Å². The molecular weight excluding hydrogens is 868 g/mol. The molecule has 0 radical (unpaired) electrons. The number of carbonyl (C=O) groups excluding carboxylic acids is 2. The van der Waals surface area contributed by atoms with Crippen LogP contribution in [0.3, 0.4) is 0 Å². The van der Waals surface area contributed by atoms with Crippen molar-refractivity contribution in [2.75, 3.05) is 111 Å². The SMILES string of the molecule is COCCOCCOCCOCCOCCOCCOCCOC(=O)OCn1cc(C2(O)CC3CC(c4nn(C)c(N)c4C(=O)Nc4ccc(F)c(Cl)c4)CC3C2)c(C(F)(F)F)n1. The van der Waals surface area contributed by atoms with Crippen LogP contribution in [-0.2, 0) is 68.2 Å². The van der Waals surface area contributed by atoms with Crippen LogP contribution in [0, 0.1) is 17.7 Å². The molecule has 0 saturated heterocycles. The van der Waals surface area contributed by atoms with Gasteiger partial charge in [0.2, 0.25) is 0 Å². The minimum atomic E-state index is -4.92. The van der Waals surface area contributed by atoms with Gasteiger partial charge in [-0.2, -0.15) is 23.4 Å². The number of benzene rings is 1. The number of aromatic nitrogens is 4. The first kappa shape index (κ1) is 49.9. The third kappa shape index (κ3) is 14.7. The van der Waals surface area contributed by atoms with E-state index in [-0.39, 0.29) is 79.1 Å². The van der Waals surface area contributed by atoms with Gasteiger partial charge in [0.1, 0.15) is 23.8 Å². The summed E-state index contributed by atoms with van der Waals surface area (Å²) in [6, 6.07) is 3.72. The van der Waals surface area contributed by atoms with E-state index < -0.39 is 47.6 Å². The lowest BCUT2D eigenvalue weighted by atomic mass is 9.87. The molecule has 0 bridgehead atoms. The Balaban J connectivity index is 0.975. The molecule has 2 aliphatic carbocycles. The Kier molecular flexibility index (Phi) is 19.2. The van der Waals surface area contributed by atoms with Crippen molar-refractivity contribution in [2.24, 2.45) is 18.9 Å². The lowest BCUT2D eigenvalue weighted by Gasteiger charge is -2.25. The first-order valence-electron chi connectivity index (χ1n) is 20.4. The number of ether oxygens (including phenoxy) is 9. The van der Waals surface area contributed by atoms with Crippen LogP contribution >= 0.6 is 11.6 Å². The Morgan fingerprint density at radius 1 is 0.857 bits per heavy atom. The van der Waals surface area contributed by atoms with Gasteiger partial charge in [-0.25, -0.2) is 13.9 Å². The Bertz CT molecular complexity index is 1910. The largest absolute Gasteiger partial charge is 0.510 e. The summed E-state index contributed by atoms with van der Waals surface area (Å²) in [6.07, 6.45) is -4.22. The van der Waals surface area contributed by atoms with Crippen molar-refractivity contribution in [1.29, 1.82) is 0 Å². The van der Waals surface area contributed by atoms with Crippen LogP contribution in [0.5, 0.6) is 0 Å². The Hall–Kier alpha value is -4.13. The molecule has 2 unspecified atom stereocenters. The maximum Gasteiger partial charge on any atom is 0.510 e. The van der Waals surface area contributed by atoms with E-state index in [0.717, 1.165) is 16.9 Å². The molecule has 1 aromatic carbocycles. The van der Waals surface area contributed by atoms with Crippen LogP contribution in [0.15, 0.2) is 24.4 Å². The number of carbonyl (C=O) groups is 2. The number of methoxy groups -OCH3 is 1. The summed E-state index contributed by atoms with van der Waals surface area (Å²) in [5.41, 5.74) is 3.43. The number of rotatable bonds is 27. The maximum atomic E-state index is 14.3. The second kappa shape index (κ2) is 24.2. The maximum absolute atomic E-state index is 14.3. The number of hydrogen-bond donors (Lipinski definition) is 3. The van der Waals surface area contributed by atoms with Gasteiger partial charge in [0.25, 0.3) is 5.91 Å². The number of hydrogen-bond acceptors (Lipinski definition) is 15. The number of nitrogens with one attached hydrogen (secondary N) is 1. The molecule has 5 rings (SSSR count). The van der Waals surface area contributed by atoms with Crippen molar-refractivity contribution >= 4 is 35.2 Å². The average Bonchev–Trinajstić information content (AvgIpc) is 4.00. The first-order chi connectivity index (χ1) is 30.2. The van der Waals surface area contributed by atoms with E-state index in [4.69, 9.17) is 60.0 Å². The summed E-state index contributed by atoms with van der Waals surface area (Å²) in [5.74, 6) is -1.85. The summed E-state index contributed by atoms with van der Waals surface area (Å²) < 4.78 is 106. The highest BCUT2D eigenvalue weighted by Crippen LogP contribution is 2.58. The summed E-state index contributed by atoms with van der Waals surface area (Å²) >= 11 is 5.87. The lowest BCUT2D eigenvalue weighted by Crippen LogP contribution is -2.26. The molecule has 23 heteroatoms. The van der Waals surface area contributed by atoms with Crippen LogP contribution < -0.4 is 11.1 Å². The zero-order chi connectivity index (χ0) is 45.4. The number of fused-ring (bicyclic) bond motifs is 1. The van der Waals surface area contributed by atoms with E-state index in [2.05, 4.69) is 15.5 Å². The minimum absolute atomic E-state index is 0.0109. The van der Waals surface area contributed by atoms with Crippen molar-refractivity contribution in [1.82, 2.24) is 19.6 Å². The van der Waals surface area contributed by atoms with Gasteiger partial charge < -0.3 is 58.8 Å². The third-order valence-electron chi connectivity index (χ3n) is 10.5. The van der Waals surface area contributed by atoms with Gasteiger partial charge in [-0.3, -0.25) is 9.48 Å². The molecule has 4 N–H and O–H groups in total. The van der Waals surface area contributed by atoms with Crippen LogP contribution in [0.2, 0.25) is 5.02 Å². The zero-order valence-corrected chi connectivity index (χ0v) is 35.9. The number of aliphatic hydroxyl groups is 1. The molecule has 2 aliphatic rings. The molecular formula is C40H55ClF4N6O12. The van der Waals surface area contributed by atoms with E-state index >= 15 is 0 Å². The number of aryl methyl sites for hydroxylation is 1. The molecule has 63 heavy (non-hydrogen) atoms. The van der Waals surface area contributed by atoms with E-state index in [1.807, 2.05) is 0 Å². The van der Waals surface area contributed by atoms with E-state index in [1.54, 1.807) is 14.2 Å². The summed E-state index contributed by atoms with van der Waals surface area (Å²) in [4.78, 5) is 25.6. The Labute approximate surface area is 366 Å². The molecule has 0 spiro atoms. The average molecular weight is 923 g/mol. The molecule has 2 heterocycles. The minimum Gasteiger partial charge on any atom is -0.432 e.